The van der Waals surface area contributed by atoms with Crippen molar-refractivity contribution in [3.63, 3.8) is 0 Å². The van der Waals surface area contributed by atoms with Gasteiger partial charge in [0.1, 0.15) is 5.75 Å². The highest BCUT2D eigenvalue weighted by Gasteiger charge is 2.30. The van der Waals surface area contributed by atoms with Crippen molar-refractivity contribution >= 4 is 11.6 Å². The number of ether oxygens (including phenoxy) is 1. The molecule has 2 N–H and O–H groups in total. The lowest BCUT2D eigenvalue weighted by Gasteiger charge is -2.13. The topological polar surface area (TPSA) is 50.4 Å². The lowest BCUT2D eigenvalue weighted by Crippen LogP contribution is -2.30. The Labute approximate surface area is 139 Å². The first-order valence-corrected chi connectivity index (χ1v) is 7.97. The van der Waals surface area contributed by atoms with Crippen molar-refractivity contribution in [3.05, 3.63) is 35.9 Å². The Morgan fingerprint density at radius 3 is 2.54 bits per heavy atom. The number of carbonyl (C=O) groups excluding carboxylic acids is 1. The first-order chi connectivity index (χ1) is 11.4. The third-order valence-corrected chi connectivity index (χ3v) is 3.69. The first-order valence-electron chi connectivity index (χ1n) is 7.97. The molecule has 132 valence electrons. The van der Waals surface area contributed by atoms with Gasteiger partial charge in [0.25, 0.3) is 0 Å². The van der Waals surface area contributed by atoms with E-state index >= 15 is 0 Å². The second kappa shape index (κ2) is 8.61. The summed E-state index contributed by atoms with van der Waals surface area (Å²) < 4.78 is 39.9. The molecule has 4 nitrogen and oxygen atoms in total. The number of benzene rings is 1. The number of nitrogens with one attached hydrogen (secondary N) is 2. The molecule has 0 unspecified atom stereocenters. The smallest absolute Gasteiger partial charge is 0.406 e. The summed E-state index contributed by atoms with van der Waals surface area (Å²) in [5.41, 5.74) is 1.95. The second-order valence-electron chi connectivity index (χ2n) is 5.63. The maximum Gasteiger partial charge on any atom is 0.573 e. The normalized spacial score (nSPS) is 14.7. The Bertz CT molecular complexity index is 568. The number of hydrogen-bond donors (Lipinski definition) is 2. The molecule has 2 rings (SSSR count). The van der Waals surface area contributed by atoms with Crippen molar-refractivity contribution in [2.75, 3.05) is 18.4 Å². The van der Waals surface area contributed by atoms with Crippen LogP contribution in [-0.4, -0.2) is 25.4 Å². The molecule has 0 fully saturated rings. The van der Waals surface area contributed by atoms with Crippen LogP contribution >= 0.6 is 0 Å². The van der Waals surface area contributed by atoms with Crippen molar-refractivity contribution in [3.8, 4) is 5.75 Å². The van der Waals surface area contributed by atoms with Gasteiger partial charge in [0, 0.05) is 12.2 Å². The summed E-state index contributed by atoms with van der Waals surface area (Å²) in [6.45, 7) is 0.670. The number of anilines is 1. The van der Waals surface area contributed by atoms with Gasteiger partial charge >= 0.3 is 6.36 Å². The molecule has 0 aromatic heterocycles. The number of allylic oxidation sites excluding steroid dienone is 1. The van der Waals surface area contributed by atoms with E-state index in [2.05, 4.69) is 21.4 Å². The van der Waals surface area contributed by atoms with E-state index in [-0.39, 0.29) is 18.2 Å². The van der Waals surface area contributed by atoms with Crippen molar-refractivity contribution in [1.29, 1.82) is 0 Å². The highest BCUT2D eigenvalue weighted by molar-refractivity contribution is 5.80. The Kier molecular flexibility index (Phi) is 6.52. The summed E-state index contributed by atoms with van der Waals surface area (Å²) in [7, 11) is 0. The summed E-state index contributed by atoms with van der Waals surface area (Å²) in [4.78, 5) is 11.7. The summed E-state index contributed by atoms with van der Waals surface area (Å²) in [6, 6.07) is 5.26. The maximum absolute atomic E-state index is 12.1. The quantitative estimate of drug-likeness (QED) is 0.736. The Balaban J connectivity index is 1.66. The molecule has 0 saturated carbocycles. The van der Waals surface area contributed by atoms with E-state index in [1.165, 1.54) is 42.7 Å². The number of rotatable bonds is 7. The third-order valence-electron chi connectivity index (χ3n) is 3.69. The minimum Gasteiger partial charge on any atom is -0.406 e. The largest absolute Gasteiger partial charge is 0.573 e. The van der Waals surface area contributed by atoms with Crippen LogP contribution in [-0.2, 0) is 4.79 Å². The van der Waals surface area contributed by atoms with Gasteiger partial charge in [0.2, 0.25) is 5.91 Å². The summed E-state index contributed by atoms with van der Waals surface area (Å²) in [5.74, 6) is -0.444. The summed E-state index contributed by atoms with van der Waals surface area (Å²) in [6.07, 6.45) is 3.11. The van der Waals surface area contributed by atoms with E-state index in [1.807, 2.05) is 0 Å². The van der Waals surface area contributed by atoms with E-state index in [9.17, 15) is 18.0 Å². The molecule has 1 aliphatic carbocycles. The van der Waals surface area contributed by atoms with Crippen LogP contribution in [0.15, 0.2) is 35.9 Å². The number of hydrogen-bond acceptors (Lipinski definition) is 3. The highest BCUT2D eigenvalue weighted by Crippen LogP contribution is 2.23. The molecule has 0 heterocycles. The molecule has 7 heteroatoms. The SMILES string of the molecule is O=C(CNc1ccc(OC(F)(F)F)cc1)NCCC1=CCCCC1. The van der Waals surface area contributed by atoms with Crippen LogP contribution in [0.5, 0.6) is 5.75 Å². The van der Waals surface area contributed by atoms with Gasteiger partial charge in [-0.05, 0) is 56.4 Å². The minimum absolute atomic E-state index is 0.0680. The molecule has 0 radical (unpaired) electrons. The van der Waals surface area contributed by atoms with Gasteiger partial charge in [0.05, 0.1) is 6.54 Å². The van der Waals surface area contributed by atoms with E-state index in [0.717, 1.165) is 19.3 Å². The number of alkyl halides is 3. The Morgan fingerprint density at radius 1 is 1.17 bits per heavy atom. The fraction of sp³-hybridized carbons (Fsp3) is 0.471. The van der Waals surface area contributed by atoms with Gasteiger partial charge in [-0.15, -0.1) is 13.2 Å². The zero-order valence-corrected chi connectivity index (χ0v) is 13.3. The lowest BCUT2D eigenvalue weighted by molar-refractivity contribution is -0.274. The summed E-state index contributed by atoms with van der Waals surface area (Å²) >= 11 is 0. The number of amides is 1. The van der Waals surface area contributed by atoms with Gasteiger partial charge in [-0.3, -0.25) is 4.79 Å². The monoisotopic (exact) mass is 342 g/mol. The van der Waals surface area contributed by atoms with E-state index in [0.29, 0.717) is 12.2 Å². The van der Waals surface area contributed by atoms with Crippen molar-refractivity contribution in [2.24, 2.45) is 0 Å². The zero-order valence-electron chi connectivity index (χ0n) is 13.3. The maximum atomic E-state index is 12.1. The molecule has 1 aliphatic rings. The van der Waals surface area contributed by atoms with Crippen LogP contribution in [0, 0.1) is 0 Å². The van der Waals surface area contributed by atoms with Crippen molar-refractivity contribution in [2.45, 2.75) is 38.5 Å². The zero-order chi connectivity index (χ0) is 17.4. The highest BCUT2D eigenvalue weighted by atomic mass is 19.4. The second-order valence-corrected chi connectivity index (χ2v) is 5.63. The standard InChI is InChI=1S/C17H21F3N2O2/c18-17(19,20)24-15-8-6-14(7-9-15)22-12-16(23)21-11-10-13-4-2-1-3-5-13/h4,6-9,22H,1-3,5,10-12H2,(H,21,23). The average molecular weight is 342 g/mol. The van der Waals surface area contributed by atoms with Gasteiger partial charge < -0.3 is 15.4 Å². The molecule has 1 amide bonds. The molecule has 0 spiro atoms. The van der Waals surface area contributed by atoms with Crippen LogP contribution in [0.3, 0.4) is 0 Å². The Hall–Kier alpha value is -2.18. The molecule has 0 saturated heterocycles. The van der Waals surface area contributed by atoms with Crippen LogP contribution in [0.1, 0.15) is 32.1 Å². The fourth-order valence-electron chi connectivity index (χ4n) is 2.51. The fourth-order valence-corrected chi connectivity index (χ4v) is 2.51. The molecule has 0 aliphatic heterocycles. The molecule has 0 bridgehead atoms. The Morgan fingerprint density at radius 2 is 1.92 bits per heavy atom. The molecule has 1 aromatic rings. The lowest BCUT2D eigenvalue weighted by atomic mass is 9.97. The minimum atomic E-state index is -4.71. The van der Waals surface area contributed by atoms with E-state index < -0.39 is 6.36 Å². The van der Waals surface area contributed by atoms with E-state index in [4.69, 9.17) is 0 Å². The molecule has 0 atom stereocenters. The molecular weight excluding hydrogens is 321 g/mol. The average Bonchev–Trinajstić information content (AvgIpc) is 2.54. The van der Waals surface area contributed by atoms with Gasteiger partial charge in [-0.25, -0.2) is 0 Å². The van der Waals surface area contributed by atoms with Crippen LogP contribution in [0.4, 0.5) is 18.9 Å². The van der Waals surface area contributed by atoms with Gasteiger partial charge in [-0.2, -0.15) is 0 Å². The molecule has 24 heavy (non-hydrogen) atoms. The van der Waals surface area contributed by atoms with Gasteiger partial charge in [0.15, 0.2) is 0 Å². The number of halogens is 3. The van der Waals surface area contributed by atoms with Crippen LogP contribution in [0.2, 0.25) is 0 Å². The predicted octanol–water partition coefficient (Wildman–Crippen LogP) is 4.00. The third kappa shape index (κ3) is 6.93. The number of carbonyl (C=O) groups is 1. The predicted molar refractivity (Wildman–Crippen MR) is 85.8 cm³/mol. The molecule has 1 aromatic carbocycles. The first kappa shape index (κ1) is 18.2. The van der Waals surface area contributed by atoms with Gasteiger partial charge in [-0.1, -0.05) is 11.6 Å². The van der Waals surface area contributed by atoms with Crippen molar-refractivity contribution in [1.82, 2.24) is 5.32 Å². The summed E-state index contributed by atoms with van der Waals surface area (Å²) in [5, 5.41) is 5.69. The van der Waals surface area contributed by atoms with Crippen molar-refractivity contribution < 1.29 is 22.7 Å². The molecular formula is C17H21F3N2O2. The van der Waals surface area contributed by atoms with Crippen LogP contribution in [0.25, 0.3) is 0 Å². The van der Waals surface area contributed by atoms with Crippen LogP contribution < -0.4 is 15.4 Å². The van der Waals surface area contributed by atoms with E-state index in [1.54, 1.807) is 0 Å².